The highest BCUT2D eigenvalue weighted by Crippen LogP contribution is 2.35. The van der Waals surface area contributed by atoms with Crippen LogP contribution in [0.15, 0.2) is 54.6 Å². The molecular weight excluding hydrogens is 430 g/mol. The summed E-state index contributed by atoms with van der Waals surface area (Å²) in [7, 11) is 3.73. The van der Waals surface area contributed by atoms with Gasteiger partial charge >= 0.3 is 5.97 Å². The number of hydrogen-bond acceptors (Lipinski definition) is 5. The summed E-state index contributed by atoms with van der Waals surface area (Å²) >= 11 is 0. The topological polar surface area (TPSA) is 69.9 Å². The van der Waals surface area contributed by atoms with Crippen LogP contribution in [-0.4, -0.2) is 42.1 Å². The molecule has 1 N–H and O–H groups in total. The van der Waals surface area contributed by atoms with Crippen molar-refractivity contribution in [2.45, 2.75) is 45.6 Å². The standard InChI is InChI=1S/C28H35NO5/c1-6-7-8-9-20-10-13-24(27(14-20)32-5)26-15-21-11-12-23(16-25(21)29(26)4)33-17-22(30)18-34-28(31)19(2)3/h10-16,22,30H,2,6-9,17-18H2,1,3-5H3. The summed E-state index contributed by atoms with van der Waals surface area (Å²) in [6.07, 6.45) is 3.74. The Kier molecular flexibility index (Phi) is 8.77. The maximum Gasteiger partial charge on any atom is 0.333 e. The average Bonchev–Trinajstić information content (AvgIpc) is 3.16. The van der Waals surface area contributed by atoms with Gasteiger partial charge in [0.15, 0.2) is 0 Å². The minimum Gasteiger partial charge on any atom is -0.496 e. The fourth-order valence-corrected chi connectivity index (χ4v) is 3.88. The molecule has 0 fully saturated rings. The molecule has 1 heterocycles. The molecule has 0 saturated carbocycles. The summed E-state index contributed by atoms with van der Waals surface area (Å²) < 4.78 is 18.6. The quantitative estimate of drug-likeness (QED) is 0.219. The van der Waals surface area contributed by atoms with E-state index in [1.165, 1.54) is 24.8 Å². The van der Waals surface area contributed by atoms with Crippen LogP contribution in [0.3, 0.4) is 0 Å². The normalized spacial score (nSPS) is 11.9. The molecule has 0 aliphatic carbocycles. The molecule has 3 rings (SSSR count). The Morgan fingerprint density at radius 2 is 1.91 bits per heavy atom. The molecule has 0 aliphatic heterocycles. The summed E-state index contributed by atoms with van der Waals surface area (Å²) in [6.45, 7) is 7.17. The van der Waals surface area contributed by atoms with Gasteiger partial charge in [0.1, 0.15) is 30.8 Å². The van der Waals surface area contributed by atoms with Crippen molar-refractivity contribution in [3.8, 4) is 22.8 Å². The zero-order chi connectivity index (χ0) is 24.7. The highest BCUT2D eigenvalue weighted by atomic mass is 16.5. The third-order valence-electron chi connectivity index (χ3n) is 5.83. The maximum absolute atomic E-state index is 11.5. The molecule has 182 valence electrons. The minimum absolute atomic E-state index is 0.0135. The van der Waals surface area contributed by atoms with Gasteiger partial charge in [0.05, 0.1) is 18.3 Å². The number of aliphatic hydroxyl groups is 1. The number of fused-ring (bicyclic) bond motifs is 1. The van der Waals surface area contributed by atoms with Crippen molar-refractivity contribution in [1.29, 1.82) is 0 Å². The van der Waals surface area contributed by atoms with Gasteiger partial charge in [-0.25, -0.2) is 4.79 Å². The van der Waals surface area contributed by atoms with Gasteiger partial charge in [0.2, 0.25) is 0 Å². The van der Waals surface area contributed by atoms with E-state index in [9.17, 15) is 9.90 Å². The fraction of sp³-hybridized carbons (Fsp3) is 0.393. The number of rotatable bonds is 12. The van der Waals surface area contributed by atoms with Gasteiger partial charge in [-0.05, 0) is 55.7 Å². The van der Waals surface area contributed by atoms with E-state index in [2.05, 4.69) is 42.3 Å². The van der Waals surface area contributed by atoms with Gasteiger partial charge in [-0.2, -0.15) is 0 Å². The number of aromatic nitrogens is 1. The highest BCUT2D eigenvalue weighted by Gasteiger charge is 2.15. The summed E-state index contributed by atoms with van der Waals surface area (Å²) in [4.78, 5) is 11.5. The summed E-state index contributed by atoms with van der Waals surface area (Å²) in [5.74, 6) is 0.966. The lowest BCUT2D eigenvalue weighted by Crippen LogP contribution is -2.25. The predicted molar refractivity (Wildman–Crippen MR) is 135 cm³/mol. The van der Waals surface area contributed by atoms with Crippen molar-refractivity contribution in [2.75, 3.05) is 20.3 Å². The lowest BCUT2D eigenvalue weighted by Gasteiger charge is -2.13. The summed E-state index contributed by atoms with van der Waals surface area (Å²) in [5.41, 5.74) is 4.68. The second-order valence-electron chi connectivity index (χ2n) is 8.64. The zero-order valence-corrected chi connectivity index (χ0v) is 20.6. The number of nitrogens with zero attached hydrogens (tertiary/aromatic N) is 1. The Labute approximate surface area is 201 Å². The Morgan fingerprint density at radius 3 is 2.62 bits per heavy atom. The molecule has 1 unspecified atom stereocenters. The molecule has 6 heteroatoms. The Morgan fingerprint density at radius 1 is 1.12 bits per heavy atom. The van der Waals surface area contributed by atoms with Crippen molar-refractivity contribution in [2.24, 2.45) is 7.05 Å². The predicted octanol–water partition coefficient (Wildman–Crippen LogP) is 5.45. The van der Waals surface area contributed by atoms with Gasteiger partial charge in [-0.1, -0.05) is 32.4 Å². The van der Waals surface area contributed by atoms with E-state index < -0.39 is 12.1 Å². The maximum atomic E-state index is 11.5. The monoisotopic (exact) mass is 465 g/mol. The van der Waals surface area contributed by atoms with E-state index in [1.807, 2.05) is 25.2 Å². The second kappa shape index (κ2) is 11.7. The van der Waals surface area contributed by atoms with Gasteiger partial charge in [-0.3, -0.25) is 0 Å². The minimum atomic E-state index is -0.928. The van der Waals surface area contributed by atoms with E-state index in [4.69, 9.17) is 14.2 Å². The Balaban J connectivity index is 1.75. The molecule has 3 aromatic rings. The number of carbonyl (C=O) groups is 1. The molecule has 0 amide bonds. The van der Waals surface area contributed by atoms with Gasteiger partial charge in [0, 0.05) is 29.6 Å². The number of aliphatic hydroxyl groups excluding tert-OH is 1. The lowest BCUT2D eigenvalue weighted by molar-refractivity contribution is -0.142. The summed E-state index contributed by atoms with van der Waals surface area (Å²) in [5, 5.41) is 11.1. The smallest absolute Gasteiger partial charge is 0.333 e. The first-order valence-corrected chi connectivity index (χ1v) is 11.7. The van der Waals surface area contributed by atoms with E-state index in [-0.39, 0.29) is 13.2 Å². The van der Waals surface area contributed by atoms with Crippen LogP contribution in [0.5, 0.6) is 11.5 Å². The van der Waals surface area contributed by atoms with Crippen molar-refractivity contribution >= 4 is 16.9 Å². The van der Waals surface area contributed by atoms with Gasteiger partial charge in [0.25, 0.3) is 0 Å². The molecular formula is C28H35NO5. The van der Waals surface area contributed by atoms with Crippen LogP contribution in [0.4, 0.5) is 0 Å². The molecule has 0 radical (unpaired) electrons. The highest BCUT2D eigenvalue weighted by molar-refractivity contribution is 5.89. The molecule has 0 spiro atoms. The molecule has 0 saturated heterocycles. The van der Waals surface area contributed by atoms with Gasteiger partial charge in [-0.15, -0.1) is 0 Å². The molecule has 0 aliphatic rings. The number of esters is 1. The van der Waals surface area contributed by atoms with Gasteiger partial charge < -0.3 is 23.9 Å². The number of carbonyl (C=O) groups excluding carboxylic acids is 1. The van der Waals surface area contributed by atoms with E-state index >= 15 is 0 Å². The van der Waals surface area contributed by atoms with Crippen LogP contribution in [0, 0.1) is 0 Å². The second-order valence-corrected chi connectivity index (χ2v) is 8.64. The third-order valence-corrected chi connectivity index (χ3v) is 5.83. The molecule has 1 atom stereocenters. The van der Waals surface area contributed by atoms with Crippen LogP contribution >= 0.6 is 0 Å². The number of benzene rings is 2. The van der Waals surface area contributed by atoms with Crippen molar-refractivity contribution in [3.63, 3.8) is 0 Å². The first kappa shape index (κ1) is 25.4. The molecule has 1 aromatic heterocycles. The van der Waals surface area contributed by atoms with Crippen LogP contribution in [0.25, 0.3) is 22.2 Å². The Bertz CT molecular complexity index is 1150. The van der Waals surface area contributed by atoms with Crippen molar-refractivity contribution in [1.82, 2.24) is 4.57 Å². The lowest BCUT2D eigenvalue weighted by atomic mass is 10.0. The van der Waals surface area contributed by atoms with E-state index in [1.54, 1.807) is 14.0 Å². The van der Waals surface area contributed by atoms with Crippen molar-refractivity contribution < 1.29 is 24.1 Å². The molecule has 0 bridgehead atoms. The molecule has 34 heavy (non-hydrogen) atoms. The van der Waals surface area contributed by atoms with Crippen molar-refractivity contribution in [3.05, 3.63) is 60.2 Å². The van der Waals surface area contributed by atoms with E-state index in [0.717, 1.165) is 34.3 Å². The number of aryl methyl sites for hydroxylation is 2. The SMILES string of the molecule is C=C(C)C(=O)OCC(O)COc1ccc2cc(-c3ccc(CCCCC)cc3OC)n(C)c2c1. The number of unbranched alkanes of at least 4 members (excludes halogenated alkanes) is 2. The fourth-order valence-electron chi connectivity index (χ4n) is 3.88. The van der Waals surface area contributed by atoms with Crippen LogP contribution in [-0.2, 0) is 23.0 Å². The van der Waals surface area contributed by atoms with E-state index in [0.29, 0.717) is 11.3 Å². The number of ether oxygens (including phenoxy) is 3. The van der Waals surface area contributed by atoms with Crippen LogP contribution in [0.1, 0.15) is 38.7 Å². The first-order valence-electron chi connectivity index (χ1n) is 11.7. The molecule has 2 aromatic carbocycles. The van der Waals surface area contributed by atoms with Crippen LogP contribution in [0.2, 0.25) is 0 Å². The van der Waals surface area contributed by atoms with Crippen LogP contribution < -0.4 is 9.47 Å². The first-order chi connectivity index (χ1) is 16.3. The number of methoxy groups -OCH3 is 1. The largest absolute Gasteiger partial charge is 0.496 e. The third kappa shape index (κ3) is 6.20. The average molecular weight is 466 g/mol. The molecule has 6 nitrogen and oxygen atoms in total. The zero-order valence-electron chi connectivity index (χ0n) is 20.6. The summed E-state index contributed by atoms with van der Waals surface area (Å²) in [6, 6.07) is 14.4. The Hall–Kier alpha value is -3.25. The number of hydrogen-bond donors (Lipinski definition) is 1.